The van der Waals surface area contributed by atoms with Gasteiger partial charge in [0, 0.05) is 17.6 Å². The van der Waals surface area contributed by atoms with E-state index < -0.39 is 10.0 Å². The molecule has 2 aromatic carbocycles. The highest BCUT2D eigenvalue weighted by Crippen LogP contribution is 2.23. The first-order chi connectivity index (χ1) is 14.4. The molecule has 3 rings (SSSR count). The lowest BCUT2D eigenvalue weighted by Crippen LogP contribution is -2.32. The summed E-state index contributed by atoms with van der Waals surface area (Å²) in [5, 5.41) is 2.89. The van der Waals surface area contributed by atoms with E-state index in [4.69, 9.17) is 4.74 Å². The SMILES string of the molecule is CC(NC(=O)COc1ccc(S(=O)(=O)N2CCCCCC2)cc1)c1cccc(Br)c1. The fourth-order valence-corrected chi connectivity index (χ4v) is 5.36. The molecule has 2 aromatic rings. The normalized spacial score (nSPS) is 16.5. The Hall–Kier alpha value is -1.90. The molecule has 1 N–H and O–H groups in total. The molecule has 1 fully saturated rings. The number of amides is 1. The second-order valence-corrected chi connectivity index (χ2v) is 10.3. The van der Waals surface area contributed by atoms with Gasteiger partial charge in [-0.15, -0.1) is 0 Å². The van der Waals surface area contributed by atoms with Crippen LogP contribution in [-0.2, 0) is 14.8 Å². The van der Waals surface area contributed by atoms with Gasteiger partial charge >= 0.3 is 0 Å². The Kier molecular flexibility index (Phi) is 7.91. The molecule has 1 amide bonds. The molecule has 0 bridgehead atoms. The van der Waals surface area contributed by atoms with Crippen molar-refractivity contribution in [3.63, 3.8) is 0 Å². The van der Waals surface area contributed by atoms with E-state index in [1.807, 2.05) is 31.2 Å². The van der Waals surface area contributed by atoms with Crippen molar-refractivity contribution < 1.29 is 17.9 Å². The van der Waals surface area contributed by atoms with E-state index in [0.717, 1.165) is 35.7 Å². The molecule has 1 aliphatic heterocycles. The summed E-state index contributed by atoms with van der Waals surface area (Å²) in [6.07, 6.45) is 3.93. The van der Waals surface area contributed by atoms with Crippen molar-refractivity contribution in [2.45, 2.75) is 43.5 Å². The summed E-state index contributed by atoms with van der Waals surface area (Å²) in [4.78, 5) is 12.5. The van der Waals surface area contributed by atoms with Crippen molar-refractivity contribution >= 4 is 31.9 Å². The second kappa shape index (κ2) is 10.4. The zero-order valence-corrected chi connectivity index (χ0v) is 19.4. The first kappa shape index (κ1) is 22.8. The van der Waals surface area contributed by atoms with Crippen molar-refractivity contribution in [1.82, 2.24) is 9.62 Å². The Labute approximate surface area is 186 Å². The fraction of sp³-hybridized carbons (Fsp3) is 0.409. The molecule has 0 aliphatic carbocycles. The molecule has 1 saturated heterocycles. The number of nitrogens with zero attached hydrogens (tertiary/aromatic N) is 1. The fourth-order valence-electron chi connectivity index (χ4n) is 3.43. The summed E-state index contributed by atoms with van der Waals surface area (Å²) >= 11 is 3.42. The van der Waals surface area contributed by atoms with Crippen LogP contribution in [0.2, 0.25) is 0 Å². The van der Waals surface area contributed by atoms with Gasteiger partial charge < -0.3 is 10.1 Å². The third-order valence-corrected chi connectivity index (χ3v) is 7.53. The number of halogens is 1. The van der Waals surface area contributed by atoms with Crippen molar-refractivity contribution in [2.75, 3.05) is 19.7 Å². The van der Waals surface area contributed by atoms with E-state index in [0.29, 0.717) is 18.8 Å². The lowest BCUT2D eigenvalue weighted by Gasteiger charge is -2.20. The monoisotopic (exact) mass is 494 g/mol. The summed E-state index contributed by atoms with van der Waals surface area (Å²) in [6.45, 7) is 2.90. The number of carbonyl (C=O) groups is 1. The Balaban J connectivity index is 1.54. The van der Waals surface area contributed by atoms with Crippen molar-refractivity contribution in [3.8, 4) is 5.75 Å². The lowest BCUT2D eigenvalue weighted by molar-refractivity contribution is -0.123. The summed E-state index contributed by atoms with van der Waals surface area (Å²) in [6, 6.07) is 13.9. The minimum absolute atomic E-state index is 0.142. The van der Waals surface area contributed by atoms with Gasteiger partial charge in [0.15, 0.2) is 6.61 Å². The Morgan fingerprint density at radius 1 is 1.10 bits per heavy atom. The molecule has 30 heavy (non-hydrogen) atoms. The predicted molar refractivity (Wildman–Crippen MR) is 120 cm³/mol. The Bertz CT molecular complexity index is 955. The highest BCUT2D eigenvalue weighted by atomic mass is 79.9. The number of rotatable bonds is 7. The summed E-state index contributed by atoms with van der Waals surface area (Å²) < 4.78 is 33.7. The molecule has 0 saturated carbocycles. The quantitative estimate of drug-likeness (QED) is 0.623. The highest BCUT2D eigenvalue weighted by Gasteiger charge is 2.25. The van der Waals surface area contributed by atoms with Gasteiger partial charge in [0.25, 0.3) is 5.91 Å². The van der Waals surface area contributed by atoms with Crippen LogP contribution in [0.4, 0.5) is 0 Å². The molecule has 8 heteroatoms. The van der Waals surface area contributed by atoms with Crippen molar-refractivity contribution in [3.05, 3.63) is 58.6 Å². The molecule has 1 heterocycles. The molecule has 1 unspecified atom stereocenters. The summed E-state index contributed by atoms with van der Waals surface area (Å²) in [5.41, 5.74) is 0.987. The van der Waals surface area contributed by atoms with E-state index >= 15 is 0 Å². The minimum atomic E-state index is -3.49. The second-order valence-electron chi connectivity index (χ2n) is 7.42. The van der Waals surface area contributed by atoms with Gasteiger partial charge in [-0.25, -0.2) is 8.42 Å². The first-order valence-electron chi connectivity index (χ1n) is 10.1. The third-order valence-electron chi connectivity index (χ3n) is 5.12. The smallest absolute Gasteiger partial charge is 0.258 e. The van der Waals surface area contributed by atoms with Crippen LogP contribution < -0.4 is 10.1 Å². The molecule has 0 radical (unpaired) electrons. The minimum Gasteiger partial charge on any atom is -0.484 e. The highest BCUT2D eigenvalue weighted by molar-refractivity contribution is 9.10. The average Bonchev–Trinajstić information content (AvgIpc) is 3.03. The molecule has 0 aromatic heterocycles. The van der Waals surface area contributed by atoms with E-state index in [1.54, 1.807) is 16.4 Å². The number of nitrogens with one attached hydrogen (secondary N) is 1. The van der Waals surface area contributed by atoms with Crippen LogP contribution in [0.15, 0.2) is 57.9 Å². The first-order valence-corrected chi connectivity index (χ1v) is 12.4. The lowest BCUT2D eigenvalue weighted by atomic mass is 10.1. The zero-order chi connectivity index (χ0) is 21.6. The summed E-state index contributed by atoms with van der Waals surface area (Å²) in [7, 11) is -3.49. The van der Waals surface area contributed by atoms with Crippen LogP contribution in [0, 0.1) is 0 Å². The Morgan fingerprint density at radius 3 is 2.40 bits per heavy atom. The maximum absolute atomic E-state index is 12.8. The van der Waals surface area contributed by atoms with Crippen LogP contribution in [-0.4, -0.2) is 38.3 Å². The van der Waals surface area contributed by atoms with Gasteiger partial charge in [-0.2, -0.15) is 4.31 Å². The maximum atomic E-state index is 12.8. The van der Waals surface area contributed by atoms with Gasteiger partial charge in [0.1, 0.15) is 5.75 Å². The Morgan fingerprint density at radius 2 is 1.77 bits per heavy atom. The number of sulfonamides is 1. The third kappa shape index (κ3) is 6.06. The van der Waals surface area contributed by atoms with Crippen LogP contribution in [0.25, 0.3) is 0 Å². The number of hydrogen-bond donors (Lipinski definition) is 1. The predicted octanol–water partition coefficient (Wildman–Crippen LogP) is 4.27. The molecular weight excluding hydrogens is 468 g/mol. The van der Waals surface area contributed by atoms with Crippen molar-refractivity contribution in [1.29, 1.82) is 0 Å². The summed E-state index contributed by atoms with van der Waals surface area (Å²) in [5.74, 6) is 0.207. The van der Waals surface area contributed by atoms with E-state index in [9.17, 15) is 13.2 Å². The maximum Gasteiger partial charge on any atom is 0.258 e. The number of benzene rings is 2. The average molecular weight is 495 g/mol. The van der Waals surface area contributed by atoms with E-state index in [1.165, 1.54) is 12.1 Å². The van der Waals surface area contributed by atoms with Gasteiger partial charge in [-0.1, -0.05) is 40.9 Å². The van der Waals surface area contributed by atoms with Gasteiger partial charge in [0.05, 0.1) is 10.9 Å². The largest absolute Gasteiger partial charge is 0.484 e. The molecule has 1 aliphatic rings. The number of ether oxygens (including phenoxy) is 1. The van der Waals surface area contributed by atoms with Crippen LogP contribution in [0.5, 0.6) is 5.75 Å². The van der Waals surface area contributed by atoms with Crippen molar-refractivity contribution in [2.24, 2.45) is 0 Å². The van der Waals surface area contributed by atoms with E-state index in [2.05, 4.69) is 21.2 Å². The van der Waals surface area contributed by atoms with Crippen LogP contribution in [0.1, 0.15) is 44.2 Å². The standard InChI is InChI=1S/C22H27BrN2O4S/c1-17(18-7-6-8-19(23)15-18)24-22(26)16-29-20-9-11-21(12-10-20)30(27,28)25-13-4-2-3-5-14-25/h6-12,15,17H,2-5,13-14,16H2,1H3,(H,24,26). The molecule has 6 nitrogen and oxygen atoms in total. The van der Waals surface area contributed by atoms with Gasteiger partial charge in [0.2, 0.25) is 10.0 Å². The molecule has 0 spiro atoms. The number of hydrogen-bond acceptors (Lipinski definition) is 4. The topological polar surface area (TPSA) is 75.7 Å². The molecular formula is C22H27BrN2O4S. The van der Waals surface area contributed by atoms with Crippen LogP contribution >= 0.6 is 15.9 Å². The van der Waals surface area contributed by atoms with E-state index in [-0.39, 0.29) is 23.5 Å². The molecule has 1 atom stereocenters. The van der Waals surface area contributed by atoms with Gasteiger partial charge in [-0.05, 0) is 61.7 Å². The van der Waals surface area contributed by atoms with Crippen LogP contribution in [0.3, 0.4) is 0 Å². The molecule has 162 valence electrons. The zero-order valence-electron chi connectivity index (χ0n) is 17.0. The number of carbonyl (C=O) groups excluding carboxylic acids is 1. The van der Waals surface area contributed by atoms with Gasteiger partial charge in [-0.3, -0.25) is 4.79 Å².